The van der Waals surface area contributed by atoms with Gasteiger partial charge >= 0.3 is 5.97 Å². The molecule has 38 heavy (non-hydrogen) atoms. The molecule has 0 spiro atoms. The second-order valence-electron chi connectivity index (χ2n) is 11.4. The van der Waals surface area contributed by atoms with E-state index in [9.17, 15) is 9.90 Å². The van der Waals surface area contributed by atoms with Gasteiger partial charge in [-0.25, -0.2) is 0 Å². The minimum Gasteiger partial charge on any atom is -0.490 e. The lowest BCUT2D eigenvalue weighted by atomic mass is 9.75. The zero-order valence-corrected chi connectivity index (χ0v) is 22.6. The summed E-state index contributed by atoms with van der Waals surface area (Å²) >= 11 is 0. The maximum Gasteiger partial charge on any atom is 0.308 e. The summed E-state index contributed by atoms with van der Waals surface area (Å²) in [5.74, 6) is 1.63. The van der Waals surface area contributed by atoms with E-state index < -0.39 is 12.1 Å². The van der Waals surface area contributed by atoms with Gasteiger partial charge in [0.15, 0.2) is 0 Å². The number of benzene rings is 3. The highest BCUT2D eigenvalue weighted by molar-refractivity contribution is 5.71. The molecule has 0 aromatic heterocycles. The van der Waals surface area contributed by atoms with Gasteiger partial charge in [0.05, 0.1) is 25.7 Å². The number of ether oxygens (including phenoxy) is 3. The predicted octanol–water partition coefficient (Wildman–Crippen LogP) is 7.36. The molecule has 0 bridgehead atoms. The zero-order chi connectivity index (χ0) is 26.7. The minimum absolute atomic E-state index is 0.0884. The zero-order valence-electron chi connectivity index (χ0n) is 22.6. The molecule has 2 atom stereocenters. The molecule has 0 amide bonds. The largest absolute Gasteiger partial charge is 0.490 e. The first kappa shape index (κ1) is 26.3. The predicted molar refractivity (Wildman–Crippen MR) is 148 cm³/mol. The second-order valence-corrected chi connectivity index (χ2v) is 11.4. The van der Waals surface area contributed by atoms with Crippen LogP contribution in [-0.2, 0) is 16.1 Å². The van der Waals surface area contributed by atoms with Crippen molar-refractivity contribution in [2.45, 2.75) is 77.1 Å². The Bertz CT molecular complexity index is 1280. The summed E-state index contributed by atoms with van der Waals surface area (Å²) in [6.45, 7) is 5.19. The summed E-state index contributed by atoms with van der Waals surface area (Å²) < 4.78 is 16.9. The molecule has 200 valence electrons. The molecular formula is C33H38O5. The highest BCUT2D eigenvalue weighted by Gasteiger charge is 2.37. The van der Waals surface area contributed by atoms with Gasteiger partial charge in [-0.3, -0.25) is 4.79 Å². The van der Waals surface area contributed by atoms with Crippen molar-refractivity contribution in [1.29, 1.82) is 0 Å². The molecule has 2 fully saturated rings. The molecule has 2 saturated carbocycles. The van der Waals surface area contributed by atoms with E-state index in [1.807, 2.05) is 12.1 Å². The maximum absolute atomic E-state index is 11.6. The van der Waals surface area contributed by atoms with Crippen molar-refractivity contribution in [3.05, 3.63) is 83.4 Å². The highest BCUT2D eigenvalue weighted by atomic mass is 16.5. The number of hydrogen-bond acceptors (Lipinski definition) is 5. The molecule has 5 rings (SSSR count). The van der Waals surface area contributed by atoms with Crippen LogP contribution in [0.2, 0.25) is 0 Å². The number of methoxy groups -OCH3 is 1. The first-order chi connectivity index (χ1) is 18.3. The lowest BCUT2D eigenvalue weighted by Gasteiger charge is -2.30. The van der Waals surface area contributed by atoms with E-state index in [1.54, 1.807) is 12.1 Å². The monoisotopic (exact) mass is 514 g/mol. The van der Waals surface area contributed by atoms with Crippen LogP contribution in [0.25, 0.3) is 11.1 Å². The first-order valence-electron chi connectivity index (χ1n) is 13.7. The number of rotatable bonds is 10. The Kier molecular flexibility index (Phi) is 7.75. The van der Waals surface area contributed by atoms with Gasteiger partial charge in [-0.1, -0.05) is 62.7 Å². The number of carbonyl (C=O) groups is 1. The topological polar surface area (TPSA) is 65.0 Å². The van der Waals surface area contributed by atoms with Crippen LogP contribution in [0.3, 0.4) is 0 Å². The maximum atomic E-state index is 11.6. The van der Waals surface area contributed by atoms with E-state index in [2.05, 4.69) is 61.0 Å². The van der Waals surface area contributed by atoms with E-state index in [-0.39, 0.29) is 11.8 Å². The van der Waals surface area contributed by atoms with E-state index >= 15 is 0 Å². The average Bonchev–Trinajstić information content (AvgIpc) is 3.66. The number of aliphatic hydroxyl groups is 1. The third-order valence-electron chi connectivity index (χ3n) is 7.96. The van der Waals surface area contributed by atoms with Crippen LogP contribution in [0.5, 0.6) is 11.5 Å². The lowest BCUT2D eigenvalue weighted by Crippen LogP contribution is -2.16. The van der Waals surface area contributed by atoms with Crippen LogP contribution in [0.1, 0.15) is 81.1 Å². The summed E-state index contributed by atoms with van der Waals surface area (Å²) in [4.78, 5) is 11.6. The molecular weight excluding hydrogens is 476 g/mol. The molecule has 3 aromatic rings. The molecule has 0 aliphatic heterocycles. The quantitative estimate of drug-likeness (QED) is 0.286. The second kappa shape index (κ2) is 11.2. The third kappa shape index (κ3) is 6.21. The Morgan fingerprint density at radius 1 is 1.00 bits per heavy atom. The van der Waals surface area contributed by atoms with E-state index in [0.717, 1.165) is 24.2 Å². The van der Waals surface area contributed by atoms with Crippen LogP contribution in [0, 0.1) is 5.41 Å². The van der Waals surface area contributed by atoms with Crippen molar-refractivity contribution in [2.75, 3.05) is 7.11 Å². The van der Waals surface area contributed by atoms with Crippen LogP contribution in [0.4, 0.5) is 0 Å². The van der Waals surface area contributed by atoms with Gasteiger partial charge in [-0.15, -0.1) is 0 Å². The van der Waals surface area contributed by atoms with Crippen molar-refractivity contribution in [2.24, 2.45) is 5.41 Å². The molecule has 0 unspecified atom stereocenters. The van der Waals surface area contributed by atoms with Crippen molar-refractivity contribution >= 4 is 5.97 Å². The van der Waals surface area contributed by atoms with E-state index in [0.29, 0.717) is 29.9 Å². The number of hydrogen-bond donors (Lipinski definition) is 1. The minimum atomic E-state index is -0.929. The van der Waals surface area contributed by atoms with Gasteiger partial charge in [-0.2, -0.15) is 0 Å². The van der Waals surface area contributed by atoms with Gasteiger partial charge in [-0.05, 0) is 89.1 Å². The molecule has 2 aliphatic rings. The summed E-state index contributed by atoms with van der Waals surface area (Å²) in [5.41, 5.74) is 5.81. The Morgan fingerprint density at radius 3 is 2.53 bits per heavy atom. The van der Waals surface area contributed by atoms with Crippen LogP contribution < -0.4 is 9.47 Å². The third-order valence-corrected chi connectivity index (χ3v) is 7.96. The summed E-state index contributed by atoms with van der Waals surface area (Å²) in [6.07, 6.45) is 5.30. The summed E-state index contributed by atoms with van der Waals surface area (Å²) in [5, 5.41) is 10.4. The molecule has 3 aromatic carbocycles. The average molecular weight is 515 g/mol. The van der Waals surface area contributed by atoms with Gasteiger partial charge in [0.2, 0.25) is 0 Å². The highest BCUT2D eigenvalue weighted by Crippen LogP contribution is 2.51. The Labute approximate surface area is 225 Å². The summed E-state index contributed by atoms with van der Waals surface area (Å²) in [6, 6.07) is 22.5. The molecule has 0 heterocycles. The van der Waals surface area contributed by atoms with Crippen molar-refractivity contribution in [1.82, 2.24) is 0 Å². The molecule has 0 radical (unpaired) electrons. The van der Waals surface area contributed by atoms with Gasteiger partial charge in [0, 0.05) is 0 Å². The van der Waals surface area contributed by atoms with Crippen LogP contribution in [0.15, 0.2) is 66.7 Å². The molecule has 5 nitrogen and oxygen atoms in total. The molecule has 1 N–H and O–H groups in total. The van der Waals surface area contributed by atoms with Crippen molar-refractivity contribution in [3.8, 4) is 22.6 Å². The van der Waals surface area contributed by atoms with E-state index in [4.69, 9.17) is 9.47 Å². The Hall–Kier alpha value is -3.31. The number of aliphatic hydroxyl groups excluding tert-OH is 1. The van der Waals surface area contributed by atoms with Gasteiger partial charge in [0.25, 0.3) is 0 Å². The Morgan fingerprint density at radius 2 is 1.79 bits per heavy atom. The number of esters is 1. The normalized spacial score (nSPS) is 19.1. The summed E-state index contributed by atoms with van der Waals surface area (Å²) in [7, 11) is 1.32. The Balaban J connectivity index is 1.38. The van der Waals surface area contributed by atoms with Gasteiger partial charge in [0.1, 0.15) is 18.1 Å². The standard InChI is InChI=1S/C33H38O5/c1-33(2)16-6-11-30(33)29-17-22(12-15-28(29)23-7-4-10-27(18-23)38-25-13-14-25)21-37-26-9-5-8-24(19-26)31(34)20-32(35)36-3/h4-5,7-10,12,15,17-19,25,30-31,34H,6,11,13-14,16,20-21H2,1-3H3/t30-,31-/m1/s1. The van der Waals surface area contributed by atoms with Crippen molar-refractivity contribution < 1.29 is 24.1 Å². The van der Waals surface area contributed by atoms with Crippen LogP contribution >= 0.6 is 0 Å². The van der Waals surface area contributed by atoms with Crippen molar-refractivity contribution in [3.63, 3.8) is 0 Å². The SMILES string of the molecule is COC(=O)C[C@@H](O)c1cccc(OCc2ccc(-c3cccc(OC4CC4)c3)c([C@H]3CCCC3(C)C)c2)c1. The molecule has 2 aliphatic carbocycles. The van der Waals surface area contributed by atoms with E-state index in [1.165, 1.54) is 43.1 Å². The fourth-order valence-electron chi connectivity index (χ4n) is 5.61. The lowest BCUT2D eigenvalue weighted by molar-refractivity contribution is -0.142. The number of carbonyl (C=O) groups excluding carboxylic acids is 1. The smallest absolute Gasteiger partial charge is 0.308 e. The fourth-order valence-corrected chi connectivity index (χ4v) is 5.61. The van der Waals surface area contributed by atoms with Gasteiger partial charge < -0.3 is 19.3 Å². The van der Waals surface area contributed by atoms with Crippen LogP contribution in [-0.4, -0.2) is 24.3 Å². The molecule has 0 saturated heterocycles. The first-order valence-corrected chi connectivity index (χ1v) is 13.7. The fraction of sp³-hybridized carbons (Fsp3) is 0.424. The molecule has 5 heteroatoms.